The van der Waals surface area contributed by atoms with E-state index in [4.69, 9.17) is 11.6 Å². The minimum Gasteiger partial charge on any atom is -0.316 e. The van der Waals surface area contributed by atoms with Gasteiger partial charge in [-0.05, 0) is 62.3 Å². The lowest BCUT2D eigenvalue weighted by atomic mass is 10.0. The number of nitrogens with one attached hydrogen (secondary N) is 2. The van der Waals surface area contributed by atoms with Gasteiger partial charge in [-0.15, -0.1) is 0 Å². The van der Waals surface area contributed by atoms with Crippen LogP contribution in [-0.4, -0.2) is 24.0 Å². The number of carbonyl (C=O) groups is 1. The summed E-state index contributed by atoms with van der Waals surface area (Å²) in [5.74, 6) is -0.825. The predicted molar refractivity (Wildman–Crippen MR) is 93.7 cm³/mol. The van der Waals surface area contributed by atoms with E-state index >= 15 is 0 Å². The van der Waals surface area contributed by atoms with Gasteiger partial charge >= 0.3 is 0 Å². The molecule has 0 bridgehead atoms. The van der Waals surface area contributed by atoms with Crippen molar-refractivity contribution in [2.75, 3.05) is 18.4 Å². The van der Waals surface area contributed by atoms with E-state index in [1.807, 2.05) is 18.2 Å². The minimum absolute atomic E-state index is 0.0664. The summed E-state index contributed by atoms with van der Waals surface area (Å²) in [5.41, 5.74) is 2.04. The van der Waals surface area contributed by atoms with Gasteiger partial charge in [0.1, 0.15) is 11.6 Å². The van der Waals surface area contributed by atoms with Gasteiger partial charge in [-0.2, -0.15) is 0 Å². The molecule has 1 aromatic carbocycles. The van der Waals surface area contributed by atoms with Gasteiger partial charge < -0.3 is 10.6 Å². The second-order valence-corrected chi connectivity index (χ2v) is 6.02. The molecule has 0 atom stereocenters. The Morgan fingerprint density at radius 2 is 2.04 bits per heavy atom. The largest absolute Gasteiger partial charge is 0.316 e. The number of piperidine rings is 1. The van der Waals surface area contributed by atoms with Gasteiger partial charge in [0, 0.05) is 5.02 Å². The summed E-state index contributed by atoms with van der Waals surface area (Å²) in [4.78, 5) is 16.6. The van der Waals surface area contributed by atoms with Crippen molar-refractivity contribution in [1.29, 1.82) is 0 Å². The molecular formula is C18H17ClFN3O. The Bertz CT molecular complexity index is 784. The number of hydrogen-bond acceptors (Lipinski definition) is 3. The van der Waals surface area contributed by atoms with Crippen LogP contribution in [0.15, 0.2) is 42.0 Å². The maximum absolute atomic E-state index is 13.8. The van der Waals surface area contributed by atoms with Gasteiger partial charge in [0.25, 0.3) is 5.91 Å². The van der Waals surface area contributed by atoms with E-state index in [0.29, 0.717) is 5.82 Å². The lowest BCUT2D eigenvalue weighted by Gasteiger charge is -2.15. The fraction of sp³-hybridized carbons (Fsp3) is 0.222. The summed E-state index contributed by atoms with van der Waals surface area (Å²) in [7, 11) is 0. The molecule has 1 amide bonds. The third-order valence-corrected chi connectivity index (χ3v) is 4.02. The van der Waals surface area contributed by atoms with Crippen LogP contribution in [0.5, 0.6) is 0 Å². The monoisotopic (exact) mass is 345 g/mol. The molecule has 124 valence electrons. The molecule has 0 unspecified atom stereocenters. The van der Waals surface area contributed by atoms with Crippen molar-refractivity contribution in [1.82, 2.24) is 10.3 Å². The summed E-state index contributed by atoms with van der Waals surface area (Å²) in [6, 6.07) is 9.32. The number of amides is 1. The molecule has 1 fully saturated rings. The highest BCUT2D eigenvalue weighted by Crippen LogP contribution is 2.18. The van der Waals surface area contributed by atoms with Crippen LogP contribution in [0.1, 0.15) is 28.9 Å². The molecular weight excluding hydrogens is 329 g/mol. The summed E-state index contributed by atoms with van der Waals surface area (Å²) < 4.78 is 13.8. The average Bonchev–Trinajstić information content (AvgIpc) is 2.56. The first-order valence-corrected chi connectivity index (χ1v) is 8.13. The Labute approximate surface area is 144 Å². The Kier molecular flexibility index (Phi) is 5.23. The van der Waals surface area contributed by atoms with Gasteiger partial charge in [-0.3, -0.25) is 4.79 Å². The molecule has 1 aliphatic rings. The van der Waals surface area contributed by atoms with Gasteiger partial charge in [-0.1, -0.05) is 23.2 Å². The zero-order chi connectivity index (χ0) is 16.9. The minimum atomic E-state index is -0.659. The number of hydrogen-bond donors (Lipinski definition) is 2. The van der Waals surface area contributed by atoms with Crippen LogP contribution in [0, 0.1) is 5.82 Å². The normalized spacial score (nSPS) is 14.3. The smallest absolute Gasteiger partial charge is 0.259 e. The molecule has 1 aliphatic heterocycles. The molecule has 2 heterocycles. The molecule has 0 radical (unpaired) electrons. The molecule has 1 aromatic heterocycles. The van der Waals surface area contributed by atoms with E-state index in [1.54, 1.807) is 6.07 Å². The van der Waals surface area contributed by atoms with Crippen LogP contribution < -0.4 is 10.6 Å². The topological polar surface area (TPSA) is 54.0 Å². The Balaban J connectivity index is 1.75. The number of benzene rings is 1. The lowest BCUT2D eigenvalue weighted by Crippen LogP contribution is -2.23. The summed E-state index contributed by atoms with van der Waals surface area (Å²) in [5, 5.41) is 6.17. The van der Waals surface area contributed by atoms with Gasteiger partial charge in [0.2, 0.25) is 0 Å². The quantitative estimate of drug-likeness (QED) is 0.887. The number of carbonyl (C=O) groups excluding carboxylic acids is 1. The van der Waals surface area contributed by atoms with E-state index in [9.17, 15) is 9.18 Å². The van der Waals surface area contributed by atoms with E-state index in [0.717, 1.165) is 37.7 Å². The standard InChI is InChI=1S/C18H17ClFN3O/c19-13-4-5-15(16(20)11-13)18(24)23-17-3-1-2-14(22-17)10-12-6-8-21-9-7-12/h1-5,10-11,21H,6-9H2,(H,22,23,24). The van der Waals surface area contributed by atoms with Crippen LogP contribution in [0.4, 0.5) is 10.2 Å². The van der Waals surface area contributed by atoms with E-state index in [-0.39, 0.29) is 10.6 Å². The Hall–Kier alpha value is -2.24. The first-order chi connectivity index (χ1) is 11.6. The molecule has 2 aromatic rings. The molecule has 1 saturated heterocycles. The van der Waals surface area contributed by atoms with Crippen molar-refractivity contribution in [3.63, 3.8) is 0 Å². The zero-order valence-corrected chi connectivity index (χ0v) is 13.7. The van der Waals surface area contributed by atoms with Crippen molar-refractivity contribution in [3.05, 3.63) is 64.1 Å². The van der Waals surface area contributed by atoms with Gasteiger partial charge in [0.05, 0.1) is 11.3 Å². The van der Waals surface area contributed by atoms with Gasteiger partial charge in [-0.25, -0.2) is 9.37 Å². The number of aromatic nitrogens is 1. The lowest BCUT2D eigenvalue weighted by molar-refractivity contribution is 0.102. The van der Waals surface area contributed by atoms with Crippen molar-refractivity contribution in [2.45, 2.75) is 12.8 Å². The molecule has 6 heteroatoms. The molecule has 3 rings (SSSR count). The number of nitrogens with zero attached hydrogens (tertiary/aromatic N) is 1. The fourth-order valence-electron chi connectivity index (χ4n) is 2.56. The number of rotatable bonds is 3. The molecule has 0 aliphatic carbocycles. The Morgan fingerprint density at radius 3 is 2.79 bits per heavy atom. The molecule has 0 spiro atoms. The first-order valence-electron chi connectivity index (χ1n) is 7.75. The predicted octanol–water partition coefficient (Wildman–Crippen LogP) is 3.89. The average molecular weight is 346 g/mol. The second-order valence-electron chi connectivity index (χ2n) is 5.58. The Morgan fingerprint density at radius 1 is 1.25 bits per heavy atom. The van der Waals surface area contributed by atoms with E-state index < -0.39 is 11.7 Å². The SMILES string of the molecule is O=C(Nc1cccc(C=C2CCNCC2)n1)c1ccc(Cl)cc1F. The third kappa shape index (κ3) is 4.19. The zero-order valence-electron chi connectivity index (χ0n) is 13.0. The molecule has 24 heavy (non-hydrogen) atoms. The maximum Gasteiger partial charge on any atom is 0.259 e. The van der Waals surface area contributed by atoms with Crippen LogP contribution in [0.25, 0.3) is 6.08 Å². The van der Waals surface area contributed by atoms with Crippen molar-refractivity contribution in [2.24, 2.45) is 0 Å². The number of anilines is 1. The maximum atomic E-state index is 13.8. The third-order valence-electron chi connectivity index (χ3n) is 3.79. The highest BCUT2D eigenvalue weighted by molar-refractivity contribution is 6.30. The first kappa shape index (κ1) is 16.6. The fourth-order valence-corrected chi connectivity index (χ4v) is 2.72. The molecule has 4 nitrogen and oxygen atoms in total. The van der Waals surface area contributed by atoms with E-state index in [2.05, 4.69) is 15.6 Å². The van der Waals surface area contributed by atoms with Crippen LogP contribution >= 0.6 is 11.6 Å². The molecule has 2 N–H and O–H groups in total. The van der Waals surface area contributed by atoms with Crippen LogP contribution in [0.3, 0.4) is 0 Å². The van der Waals surface area contributed by atoms with Crippen molar-refractivity contribution < 1.29 is 9.18 Å². The van der Waals surface area contributed by atoms with Crippen LogP contribution in [0.2, 0.25) is 5.02 Å². The number of pyridine rings is 1. The summed E-state index contributed by atoms with van der Waals surface area (Å²) >= 11 is 5.70. The number of halogens is 2. The molecule has 0 saturated carbocycles. The second kappa shape index (κ2) is 7.55. The van der Waals surface area contributed by atoms with Crippen LogP contribution in [-0.2, 0) is 0 Å². The van der Waals surface area contributed by atoms with E-state index in [1.165, 1.54) is 17.7 Å². The summed E-state index contributed by atoms with van der Waals surface area (Å²) in [6.45, 7) is 1.94. The highest BCUT2D eigenvalue weighted by Gasteiger charge is 2.13. The summed E-state index contributed by atoms with van der Waals surface area (Å²) in [6.07, 6.45) is 4.03. The highest BCUT2D eigenvalue weighted by atomic mass is 35.5. The van der Waals surface area contributed by atoms with Crippen molar-refractivity contribution in [3.8, 4) is 0 Å². The van der Waals surface area contributed by atoms with Crippen molar-refractivity contribution >= 4 is 29.4 Å². The van der Waals surface area contributed by atoms with Gasteiger partial charge in [0.15, 0.2) is 0 Å².